The summed E-state index contributed by atoms with van der Waals surface area (Å²) in [5.74, 6) is 0.132. The molecule has 15 heavy (non-hydrogen) atoms. The molecule has 4 heteroatoms. The minimum absolute atomic E-state index is 0.0645. The van der Waals surface area contributed by atoms with E-state index in [0.717, 1.165) is 12.8 Å². The molecule has 0 aromatic rings. The maximum Gasteiger partial charge on any atom is 0.332 e. The first-order valence-corrected chi connectivity index (χ1v) is 5.75. The Kier molecular flexibility index (Phi) is 5.65. The Morgan fingerprint density at radius 2 is 2.13 bits per heavy atom. The van der Waals surface area contributed by atoms with Crippen LogP contribution in [0.5, 0.6) is 0 Å². The molecule has 0 aromatic carbocycles. The molecule has 0 aromatic heterocycles. The highest BCUT2D eigenvalue weighted by atomic mass is 16.6. The van der Waals surface area contributed by atoms with Crippen molar-refractivity contribution in [2.75, 3.05) is 19.8 Å². The van der Waals surface area contributed by atoms with Gasteiger partial charge >= 0.3 is 5.97 Å². The summed E-state index contributed by atoms with van der Waals surface area (Å²) in [6, 6.07) is 0. The highest BCUT2D eigenvalue weighted by Crippen LogP contribution is 2.25. The third-order valence-electron chi connectivity index (χ3n) is 2.86. The summed E-state index contributed by atoms with van der Waals surface area (Å²) in [5, 5.41) is 0. The van der Waals surface area contributed by atoms with Gasteiger partial charge in [0.15, 0.2) is 0 Å². The molecule has 1 aliphatic rings. The lowest BCUT2D eigenvalue weighted by atomic mass is 9.86. The van der Waals surface area contributed by atoms with E-state index in [9.17, 15) is 4.79 Å². The Hall–Kier alpha value is -0.610. The first kappa shape index (κ1) is 12.5. The normalized spacial score (nSPS) is 26.3. The zero-order chi connectivity index (χ0) is 11.1. The van der Waals surface area contributed by atoms with Crippen LogP contribution in [0.1, 0.15) is 32.6 Å². The molecule has 0 aliphatic heterocycles. The van der Waals surface area contributed by atoms with E-state index in [4.69, 9.17) is 15.2 Å². The Bertz CT molecular complexity index is 196. The number of esters is 1. The van der Waals surface area contributed by atoms with Gasteiger partial charge in [-0.1, -0.05) is 12.8 Å². The number of ether oxygens (including phenoxy) is 2. The molecule has 1 rings (SSSR count). The van der Waals surface area contributed by atoms with Crippen molar-refractivity contribution in [3.63, 3.8) is 0 Å². The van der Waals surface area contributed by atoms with Gasteiger partial charge in [0.25, 0.3) is 0 Å². The lowest BCUT2D eigenvalue weighted by Crippen LogP contribution is -2.34. The Morgan fingerprint density at radius 1 is 1.40 bits per heavy atom. The maximum absolute atomic E-state index is 11.1. The second-order valence-electron chi connectivity index (χ2n) is 3.93. The van der Waals surface area contributed by atoms with Gasteiger partial charge in [-0.15, -0.1) is 0 Å². The number of hydrogen-bond acceptors (Lipinski definition) is 4. The average Bonchev–Trinajstić information content (AvgIpc) is 2.27. The van der Waals surface area contributed by atoms with Crippen molar-refractivity contribution in [2.24, 2.45) is 11.7 Å². The van der Waals surface area contributed by atoms with Crippen LogP contribution in [-0.2, 0) is 14.3 Å². The highest BCUT2D eigenvalue weighted by Gasteiger charge is 2.25. The molecule has 0 saturated heterocycles. The molecule has 2 N–H and O–H groups in total. The standard InChI is InChI=1S/C11H21NO3/c1-2-14-11(13)8-15-10-6-4-3-5-9(10)7-12/h9-10H,2-8,12H2,1H3. The fraction of sp³-hybridized carbons (Fsp3) is 0.909. The molecule has 0 bridgehead atoms. The van der Waals surface area contributed by atoms with Crippen LogP contribution in [0.25, 0.3) is 0 Å². The van der Waals surface area contributed by atoms with Gasteiger partial charge in [0, 0.05) is 0 Å². The van der Waals surface area contributed by atoms with Crippen molar-refractivity contribution in [2.45, 2.75) is 38.7 Å². The molecule has 0 heterocycles. The van der Waals surface area contributed by atoms with Crippen molar-refractivity contribution in [3.05, 3.63) is 0 Å². The van der Waals surface area contributed by atoms with Gasteiger partial charge < -0.3 is 15.2 Å². The smallest absolute Gasteiger partial charge is 0.332 e. The van der Waals surface area contributed by atoms with Crippen molar-refractivity contribution in [3.8, 4) is 0 Å². The predicted octanol–water partition coefficient (Wildman–Crippen LogP) is 1.08. The van der Waals surface area contributed by atoms with Gasteiger partial charge in [0.1, 0.15) is 6.61 Å². The molecule has 1 saturated carbocycles. The van der Waals surface area contributed by atoms with Crippen LogP contribution in [0.4, 0.5) is 0 Å². The quantitative estimate of drug-likeness (QED) is 0.697. The number of carbonyl (C=O) groups excluding carboxylic acids is 1. The molecule has 2 unspecified atom stereocenters. The van der Waals surface area contributed by atoms with Gasteiger partial charge in [-0.25, -0.2) is 4.79 Å². The average molecular weight is 215 g/mol. The van der Waals surface area contributed by atoms with E-state index in [-0.39, 0.29) is 18.7 Å². The predicted molar refractivity (Wildman–Crippen MR) is 57.4 cm³/mol. The van der Waals surface area contributed by atoms with E-state index in [1.807, 2.05) is 0 Å². The Morgan fingerprint density at radius 3 is 2.80 bits per heavy atom. The van der Waals surface area contributed by atoms with Gasteiger partial charge in [0.05, 0.1) is 12.7 Å². The van der Waals surface area contributed by atoms with Gasteiger partial charge in [-0.05, 0) is 32.2 Å². The second kappa shape index (κ2) is 6.80. The van der Waals surface area contributed by atoms with E-state index in [0.29, 0.717) is 19.1 Å². The van der Waals surface area contributed by atoms with E-state index in [1.165, 1.54) is 12.8 Å². The number of hydrogen-bond donors (Lipinski definition) is 1. The van der Waals surface area contributed by atoms with Crippen LogP contribution in [0.3, 0.4) is 0 Å². The molecule has 4 nitrogen and oxygen atoms in total. The Labute approximate surface area is 91.1 Å². The van der Waals surface area contributed by atoms with E-state index >= 15 is 0 Å². The third kappa shape index (κ3) is 4.18. The van der Waals surface area contributed by atoms with Crippen molar-refractivity contribution in [1.82, 2.24) is 0 Å². The fourth-order valence-corrected chi connectivity index (χ4v) is 2.04. The van der Waals surface area contributed by atoms with Crippen molar-refractivity contribution >= 4 is 5.97 Å². The summed E-state index contributed by atoms with van der Waals surface area (Å²) in [5.41, 5.74) is 5.66. The van der Waals surface area contributed by atoms with Crippen LogP contribution in [0, 0.1) is 5.92 Å². The second-order valence-corrected chi connectivity index (χ2v) is 3.93. The molecule has 2 atom stereocenters. The van der Waals surface area contributed by atoms with Gasteiger partial charge in [-0.2, -0.15) is 0 Å². The van der Waals surface area contributed by atoms with Crippen LogP contribution in [-0.4, -0.2) is 31.8 Å². The molecule has 88 valence electrons. The van der Waals surface area contributed by atoms with Crippen LogP contribution < -0.4 is 5.73 Å². The Balaban J connectivity index is 2.26. The zero-order valence-electron chi connectivity index (χ0n) is 9.41. The van der Waals surface area contributed by atoms with Crippen LogP contribution in [0.2, 0.25) is 0 Å². The minimum Gasteiger partial charge on any atom is -0.464 e. The van der Waals surface area contributed by atoms with E-state index in [1.54, 1.807) is 6.92 Å². The number of carbonyl (C=O) groups is 1. The van der Waals surface area contributed by atoms with Crippen LogP contribution >= 0.6 is 0 Å². The number of rotatable bonds is 5. The number of nitrogens with two attached hydrogens (primary N) is 1. The summed E-state index contributed by atoms with van der Waals surface area (Å²) >= 11 is 0. The van der Waals surface area contributed by atoms with Crippen LogP contribution in [0.15, 0.2) is 0 Å². The fourth-order valence-electron chi connectivity index (χ4n) is 2.04. The molecular formula is C11H21NO3. The summed E-state index contributed by atoms with van der Waals surface area (Å²) in [4.78, 5) is 11.1. The van der Waals surface area contributed by atoms with Crippen molar-refractivity contribution < 1.29 is 14.3 Å². The largest absolute Gasteiger partial charge is 0.464 e. The monoisotopic (exact) mass is 215 g/mol. The molecule has 0 radical (unpaired) electrons. The summed E-state index contributed by atoms with van der Waals surface area (Å²) in [7, 11) is 0. The molecule has 0 amide bonds. The van der Waals surface area contributed by atoms with Crippen molar-refractivity contribution in [1.29, 1.82) is 0 Å². The molecule has 1 aliphatic carbocycles. The zero-order valence-corrected chi connectivity index (χ0v) is 9.41. The highest BCUT2D eigenvalue weighted by molar-refractivity contribution is 5.70. The van der Waals surface area contributed by atoms with E-state index < -0.39 is 0 Å². The summed E-state index contributed by atoms with van der Waals surface area (Å²) in [6.45, 7) is 2.91. The molecule has 1 fully saturated rings. The molecular weight excluding hydrogens is 194 g/mol. The maximum atomic E-state index is 11.1. The molecule has 0 spiro atoms. The first-order valence-electron chi connectivity index (χ1n) is 5.75. The minimum atomic E-state index is -0.279. The van der Waals surface area contributed by atoms with Gasteiger partial charge in [0.2, 0.25) is 0 Å². The lowest BCUT2D eigenvalue weighted by molar-refractivity contribution is -0.152. The summed E-state index contributed by atoms with van der Waals surface area (Å²) < 4.78 is 10.4. The summed E-state index contributed by atoms with van der Waals surface area (Å²) in [6.07, 6.45) is 4.67. The lowest BCUT2D eigenvalue weighted by Gasteiger charge is -2.30. The SMILES string of the molecule is CCOC(=O)COC1CCCCC1CN. The first-order chi connectivity index (χ1) is 7.27. The van der Waals surface area contributed by atoms with Gasteiger partial charge in [-0.3, -0.25) is 0 Å². The third-order valence-corrected chi connectivity index (χ3v) is 2.86. The van der Waals surface area contributed by atoms with E-state index in [2.05, 4.69) is 0 Å². The topological polar surface area (TPSA) is 61.5 Å².